The van der Waals surface area contributed by atoms with Gasteiger partial charge in [-0.3, -0.25) is 4.79 Å². The summed E-state index contributed by atoms with van der Waals surface area (Å²) in [6.07, 6.45) is 1.31. The quantitative estimate of drug-likeness (QED) is 0.438. The fraction of sp³-hybridized carbons (Fsp3) is 0.333. The third-order valence-corrected chi connectivity index (χ3v) is 1.27. The molecule has 6 heteroatoms. The molecule has 0 aliphatic heterocycles. The molecule has 0 saturated heterocycles. The summed E-state index contributed by atoms with van der Waals surface area (Å²) in [7, 11) is 0. The number of rotatable bonds is 3. The van der Waals surface area contributed by atoms with E-state index in [1.165, 1.54) is 6.20 Å². The van der Waals surface area contributed by atoms with E-state index in [4.69, 9.17) is 5.73 Å². The van der Waals surface area contributed by atoms with Crippen LogP contribution in [0.2, 0.25) is 0 Å². The van der Waals surface area contributed by atoms with Crippen molar-refractivity contribution < 1.29 is 4.79 Å². The zero-order valence-electron chi connectivity index (χ0n) is 6.39. The molecule has 1 amide bonds. The molecule has 0 aliphatic carbocycles. The molecule has 0 saturated carbocycles. The molecule has 5 N–H and O–H groups in total. The molecule has 0 atom stereocenters. The molecule has 0 fully saturated rings. The lowest BCUT2D eigenvalue weighted by Crippen LogP contribution is -2.29. The lowest BCUT2D eigenvalue weighted by molar-refractivity contribution is 0.0950. The van der Waals surface area contributed by atoms with Crippen molar-refractivity contribution in [3.05, 3.63) is 22.4 Å². The van der Waals surface area contributed by atoms with Gasteiger partial charge < -0.3 is 21.0 Å². The molecule has 0 aromatic carbocycles. The Bertz CT molecular complexity index is 313. The summed E-state index contributed by atoms with van der Waals surface area (Å²) in [6.45, 7) is 0.770. The van der Waals surface area contributed by atoms with Gasteiger partial charge in [-0.15, -0.1) is 0 Å². The van der Waals surface area contributed by atoms with Gasteiger partial charge in [0.25, 0.3) is 5.91 Å². The maximum Gasteiger partial charge on any atom is 0.323 e. The van der Waals surface area contributed by atoms with E-state index < -0.39 is 5.69 Å². The van der Waals surface area contributed by atoms with Crippen molar-refractivity contribution in [1.29, 1.82) is 0 Å². The molecule has 66 valence electrons. The second-order valence-corrected chi connectivity index (χ2v) is 2.20. The number of aromatic nitrogens is 2. The first-order chi connectivity index (χ1) is 5.74. The SMILES string of the molecule is NCCNC(=O)c1c[nH]c(=O)[nH]1. The van der Waals surface area contributed by atoms with Crippen molar-refractivity contribution in [2.45, 2.75) is 0 Å². The van der Waals surface area contributed by atoms with Crippen LogP contribution >= 0.6 is 0 Å². The smallest absolute Gasteiger partial charge is 0.323 e. The van der Waals surface area contributed by atoms with Crippen LogP contribution in [0, 0.1) is 0 Å². The molecule has 1 heterocycles. The first kappa shape index (κ1) is 8.54. The number of hydrogen-bond acceptors (Lipinski definition) is 3. The molecule has 0 radical (unpaired) electrons. The first-order valence-corrected chi connectivity index (χ1v) is 3.50. The van der Waals surface area contributed by atoms with Crippen LogP contribution in [0.15, 0.2) is 11.0 Å². The third-order valence-electron chi connectivity index (χ3n) is 1.27. The topological polar surface area (TPSA) is 104 Å². The fourth-order valence-corrected chi connectivity index (χ4v) is 0.735. The normalized spacial score (nSPS) is 9.75. The molecular formula is C6H10N4O2. The first-order valence-electron chi connectivity index (χ1n) is 3.50. The summed E-state index contributed by atoms with van der Waals surface area (Å²) in [5.74, 6) is -0.334. The number of nitrogens with one attached hydrogen (secondary N) is 3. The van der Waals surface area contributed by atoms with Gasteiger partial charge in [0, 0.05) is 19.3 Å². The molecule has 1 aromatic heterocycles. The fourth-order valence-electron chi connectivity index (χ4n) is 0.735. The molecule has 1 aromatic rings. The predicted octanol–water partition coefficient (Wildman–Crippen LogP) is -1.61. The van der Waals surface area contributed by atoms with Crippen LogP contribution < -0.4 is 16.7 Å². The molecule has 0 spiro atoms. The number of aromatic amines is 2. The van der Waals surface area contributed by atoms with Crippen LogP contribution in [0.25, 0.3) is 0 Å². The molecule has 0 bridgehead atoms. The Balaban J connectivity index is 2.59. The number of imidazole rings is 1. The summed E-state index contributed by atoms with van der Waals surface area (Å²) in [6, 6.07) is 0. The summed E-state index contributed by atoms with van der Waals surface area (Å²) in [5.41, 5.74) is 4.99. The summed E-state index contributed by atoms with van der Waals surface area (Å²) < 4.78 is 0. The van der Waals surface area contributed by atoms with E-state index in [-0.39, 0.29) is 11.6 Å². The van der Waals surface area contributed by atoms with E-state index in [2.05, 4.69) is 15.3 Å². The Hall–Kier alpha value is -1.56. The monoisotopic (exact) mass is 170 g/mol. The van der Waals surface area contributed by atoms with Crippen molar-refractivity contribution >= 4 is 5.91 Å². The average Bonchev–Trinajstić information content (AvgIpc) is 2.47. The number of hydrogen-bond donors (Lipinski definition) is 4. The predicted molar refractivity (Wildman–Crippen MR) is 42.8 cm³/mol. The molecule has 6 nitrogen and oxygen atoms in total. The molecule has 12 heavy (non-hydrogen) atoms. The van der Waals surface area contributed by atoms with Gasteiger partial charge in [-0.2, -0.15) is 0 Å². The lowest BCUT2D eigenvalue weighted by atomic mass is 10.4. The standard InChI is InChI=1S/C6H10N4O2/c7-1-2-8-5(11)4-3-9-6(12)10-4/h3H,1-2,7H2,(H,8,11)(H2,9,10,12). The van der Waals surface area contributed by atoms with Crippen LogP contribution in [0.5, 0.6) is 0 Å². The van der Waals surface area contributed by atoms with Crippen LogP contribution in [-0.2, 0) is 0 Å². The van der Waals surface area contributed by atoms with Crippen molar-refractivity contribution in [2.24, 2.45) is 5.73 Å². The Morgan fingerprint density at radius 2 is 2.42 bits per heavy atom. The summed E-state index contributed by atoms with van der Waals surface area (Å²) in [5, 5.41) is 2.51. The number of H-pyrrole nitrogens is 2. The largest absolute Gasteiger partial charge is 0.349 e. The Labute approximate surface area is 68.2 Å². The van der Waals surface area contributed by atoms with E-state index in [1.54, 1.807) is 0 Å². The van der Waals surface area contributed by atoms with Crippen LogP contribution in [-0.4, -0.2) is 29.0 Å². The number of carbonyl (C=O) groups excluding carboxylic acids is 1. The van der Waals surface area contributed by atoms with Gasteiger partial charge >= 0.3 is 5.69 Å². The molecule has 0 unspecified atom stereocenters. The van der Waals surface area contributed by atoms with Crippen molar-refractivity contribution in [2.75, 3.05) is 13.1 Å². The Morgan fingerprint density at radius 1 is 1.67 bits per heavy atom. The molecule has 1 rings (SSSR count). The second kappa shape index (κ2) is 3.72. The van der Waals surface area contributed by atoms with Gasteiger partial charge in [0.05, 0.1) is 0 Å². The lowest BCUT2D eigenvalue weighted by Gasteiger charge is -1.98. The van der Waals surface area contributed by atoms with Gasteiger partial charge in [0.2, 0.25) is 0 Å². The van der Waals surface area contributed by atoms with Gasteiger partial charge in [-0.1, -0.05) is 0 Å². The maximum absolute atomic E-state index is 11.1. The number of nitrogens with two attached hydrogens (primary N) is 1. The highest BCUT2D eigenvalue weighted by Gasteiger charge is 2.05. The highest BCUT2D eigenvalue weighted by molar-refractivity contribution is 5.91. The zero-order chi connectivity index (χ0) is 8.97. The van der Waals surface area contributed by atoms with Crippen molar-refractivity contribution in [3.8, 4) is 0 Å². The number of amides is 1. The van der Waals surface area contributed by atoms with E-state index in [0.717, 1.165) is 0 Å². The van der Waals surface area contributed by atoms with E-state index in [0.29, 0.717) is 13.1 Å². The van der Waals surface area contributed by atoms with Gasteiger partial charge in [-0.25, -0.2) is 4.79 Å². The zero-order valence-corrected chi connectivity index (χ0v) is 6.39. The molecule has 0 aliphatic rings. The Morgan fingerprint density at radius 3 is 2.92 bits per heavy atom. The summed E-state index contributed by atoms with van der Waals surface area (Å²) >= 11 is 0. The van der Waals surface area contributed by atoms with Gasteiger partial charge in [-0.05, 0) is 0 Å². The third kappa shape index (κ3) is 1.96. The molecular weight excluding hydrogens is 160 g/mol. The average molecular weight is 170 g/mol. The van der Waals surface area contributed by atoms with Crippen molar-refractivity contribution in [3.63, 3.8) is 0 Å². The maximum atomic E-state index is 11.1. The minimum absolute atomic E-state index is 0.216. The van der Waals surface area contributed by atoms with Gasteiger partial charge in [0.1, 0.15) is 5.69 Å². The van der Waals surface area contributed by atoms with Crippen LogP contribution in [0.4, 0.5) is 0 Å². The van der Waals surface area contributed by atoms with Crippen molar-refractivity contribution in [1.82, 2.24) is 15.3 Å². The second-order valence-electron chi connectivity index (χ2n) is 2.20. The summed E-state index contributed by atoms with van der Waals surface area (Å²) in [4.78, 5) is 26.3. The van der Waals surface area contributed by atoms with E-state index >= 15 is 0 Å². The van der Waals surface area contributed by atoms with Crippen LogP contribution in [0.3, 0.4) is 0 Å². The minimum atomic E-state index is -0.395. The van der Waals surface area contributed by atoms with Gasteiger partial charge in [0.15, 0.2) is 0 Å². The van der Waals surface area contributed by atoms with E-state index in [9.17, 15) is 9.59 Å². The highest BCUT2D eigenvalue weighted by Crippen LogP contribution is 1.85. The van der Waals surface area contributed by atoms with E-state index in [1.807, 2.05) is 0 Å². The number of carbonyl (C=O) groups is 1. The minimum Gasteiger partial charge on any atom is -0.349 e. The highest BCUT2D eigenvalue weighted by atomic mass is 16.2. The van der Waals surface area contributed by atoms with Crippen LogP contribution in [0.1, 0.15) is 10.5 Å². The Kier molecular flexibility index (Phi) is 2.65.